The van der Waals surface area contributed by atoms with Gasteiger partial charge in [0.2, 0.25) is 0 Å². The van der Waals surface area contributed by atoms with Gasteiger partial charge in [-0.2, -0.15) is 5.10 Å². The maximum Gasteiger partial charge on any atom is 0.275 e. The molecule has 3 heterocycles. The lowest BCUT2D eigenvalue weighted by Crippen LogP contribution is -2.41. The summed E-state index contributed by atoms with van der Waals surface area (Å²) in [4.78, 5) is 19.1. The minimum atomic E-state index is -0.0550. The first kappa shape index (κ1) is 17.0. The molecule has 24 heavy (non-hydrogen) atoms. The minimum absolute atomic E-state index is 0.0550. The van der Waals surface area contributed by atoms with Gasteiger partial charge in [-0.15, -0.1) is 0 Å². The number of aryl methyl sites for hydroxylation is 1. The van der Waals surface area contributed by atoms with E-state index in [-0.39, 0.29) is 5.91 Å². The van der Waals surface area contributed by atoms with Crippen LogP contribution in [0.3, 0.4) is 0 Å². The van der Waals surface area contributed by atoms with Gasteiger partial charge < -0.3 is 4.90 Å². The molecule has 2 aromatic heterocycles. The molecule has 0 aliphatic carbocycles. The zero-order valence-electron chi connectivity index (χ0n) is 14.0. The Hall–Kier alpha value is -1.88. The highest BCUT2D eigenvalue weighted by Crippen LogP contribution is 2.23. The van der Waals surface area contributed by atoms with Crippen LogP contribution in [0.25, 0.3) is 0 Å². The maximum atomic E-state index is 12.8. The van der Waals surface area contributed by atoms with Crippen molar-refractivity contribution in [3.8, 4) is 0 Å². The molecule has 1 atom stereocenters. The molecule has 128 valence electrons. The molecule has 5 nitrogen and oxygen atoms in total. The van der Waals surface area contributed by atoms with Crippen molar-refractivity contribution in [1.82, 2.24) is 19.7 Å². The lowest BCUT2D eigenvalue weighted by atomic mass is 9.93. The maximum absolute atomic E-state index is 12.8. The fourth-order valence-corrected chi connectivity index (χ4v) is 3.50. The summed E-state index contributed by atoms with van der Waals surface area (Å²) in [7, 11) is 0. The van der Waals surface area contributed by atoms with Crippen LogP contribution in [0, 0.1) is 5.92 Å². The van der Waals surface area contributed by atoms with Crippen LogP contribution in [-0.4, -0.2) is 38.7 Å². The van der Waals surface area contributed by atoms with E-state index in [1.165, 1.54) is 0 Å². The number of carbonyl (C=O) groups is 1. The van der Waals surface area contributed by atoms with Gasteiger partial charge in [0.25, 0.3) is 5.91 Å². The van der Waals surface area contributed by atoms with Crippen molar-refractivity contribution in [2.45, 2.75) is 39.2 Å². The third kappa shape index (κ3) is 3.96. The molecule has 1 fully saturated rings. The Morgan fingerprint density at radius 2 is 2.29 bits per heavy atom. The van der Waals surface area contributed by atoms with Crippen LogP contribution in [0.2, 0.25) is 5.02 Å². The smallest absolute Gasteiger partial charge is 0.275 e. The molecule has 6 heteroatoms. The SMILES string of the molecule is CCCn1cc(Cl)c(C(=O)N2CCCC(Cc3ccccn3)C2)n1. The van der Waals surface area contributed by atoms with Crippen LogP contribution in [-0.2, 0) is 13.0 Å². The summed E-state index contributed by atoms with van der Waals surface area (Å²) in [6.07, 6.45) is 7.56. The highest BCUT2D eigenvalue weighted by Gasteiger charge is 2.27. The molecular weight excluding hydrogens is 324 g/mol. The van der Waals surface area contributed by atoms with E-state index in [1.54, 1.807) is 10.9 Å². The predicted molar refractivity (Wildman–Crippen MR) is 94.1 cm³/mol. The van der Waals surface area contributed by atoms with Gasteiger partial charge in [-0.1, -0.05) is 24.6 Å². The molecule has 1 amide bonds. The molecule has 3 rings (SSSR count). The van der Waals surface area contributed by atoms with Gasteiger partial charge in [-0.25, -0.2) is 0 Å². The largest absolute Gasteiger partial charge is 0.337 e. The second-order valence-electron chi connectivity index (χ2n) is 6.37. The molecule has 1 aliphatic heterocycles. The molecule has 1 unspecified atom stereocenters. The molecule has 0 spiro atoms. The summed E-state index contributed by atoms with van der Waals surface area (Å²) in [6.45, 7) is 4.36. The number of aromatic nitrogens is 3. The normalized spacial score (nSPS) is 17.9. The van der Waals surface area contributed by atoms with Gasteiger partial charge in [0.15, 0.2) is 5.69 Å². The third-order valence-electron chi connectivity index (χ3n) is 4.40. The number of nitrogens with zero attached hydrogens (tertiary/aromatic N) is 4. The molecule has 0 saturated carbocycles. The second kappa shape index (κ2) is 7.79. The average molecular weight is 347 g/mol. The summed E-state index contributed by atoms with van der Waals surface area (Å²) in [5.74, 6) is 0.384. The number of pyridine rings is 1. The van der Waals surface area contributed by atoms with Crippen LogP contribution in [0.1, 0.15) is 42.4 Å². The van der Waals surface area contributed by atoms with E-state index in [9.17, 15) is 4.79 Å². The first-order chi connectivity index (χ1) is 11.7. The summed E-state index contributed by atoms with van der Waals surface area (Å²) >= 11 is 6.22. The molecule has 1 saturated heterocycles. The van der Waals surface area contributed by atoms with Gasteiger partial charge in [-0.05, 0) is 43.7 Å². The van der Waals surface area contributed by atoms with Crippen molar-refractivity contribution in [2.24, 2.45) is 5.92 Å². The van der Waals surface area contributed by atoms with Gasteiger partial charge in [-0.3, -0.25) is 14.5 Å². The van der Waals surface area contributed by atoms with E-state index >= 15 is 0 Å². The van der Waals surface area contributed by atoms with E-state index < -0.39 is 0 Å². The van der Waals surface area contributed by atoms with Gasteiger partial charge >= 0.3 is 0 Å². The quantitative estimate of drug-likeness (QED) is 0.833. The third-order valence-corrected chi connectivity index (χ3v) is 4.68. The van der Waals surface area contributed by atoms with Crippen molar-refractivity contribution < 1.29 is 4.79 Å². The van der Waals surface area contributed by atoms with E-state index in [2.05, 4.69) is 17.0 Å². The zero-order valence-corrected chi connectivity index (χ0v) is 14.7. The molecular formula is C18H23ClN4O. The summed E-state index contributed by atoms with van der Waals surface area (Å²) < 4.78 is 1.75. The van der Waals surface area contributed by atoms with Gasteiger partial charge in [0, 0.05) is 37.7 Å². The first-order valence-corrected chi connectivity index (χ1v) is 8.97. The summed E-state index contributed by atoms with van der Waals surface area (Å²) in [5, 5.41) is 4.81. The second-order valence-corrected chi connectivity index (χ2v) is 6.78. The monoisotopic (exact) mass is 346 g/mol. The van der Waals surface area contributed by atoms with Crippen molar-refractivity contribution >= 4 is 17.5 Å². The molecule has 0 bridgehead atoms. The Morgan fingerprint density at radius 3 is 3.04 bits per heavy atom. The predicted octanol–water partition coefficient (Wildman–Crippen LogP) is 3.44. The molecule has 0 N–H and O–H groups in total. The molecule has 1 aliphatic rings. The van der Waals surface area contributed by atoms with E-state index in [1.807, 2.05) is 29.3 Å². The molecule has 0 aromatic carbocycles. The van der Waals surface area contributed by atoms with Crippen molar-refractivity contribution in [2.75, 3.05) is 13.1 Å². The average Bonchev–Trinajstić information content (AvgIpc) is 2.96. The number of likely N-dealkylation sites (tertiary alicyclic amines) is 1. The fraction of sp³-hybridized carbons (Fsp3) is 0.500. The van der Waals surface area contributed by atoms with Crippen LogP contribution in [0.4, 0.5) is 0 Å². The van der Waals surface area contributed by atoms with E-state index in [4.69, 9.17) is 11.6 Å². The van der Waals surface area contributed by atoms with Crippen molar-refractivity contribution in [1.29, 1.82) is 0 Å². The minimum Gasteiger partial charge on any atom is -0.337 e. The first-order valence-electron chi connectivity index (χ1n) is 8.59. The van der Waals surface area contributed by atoms with Crippen LogP contribution in [0.5, 0.6) is 0 Å². The highest BCUT2D eigenvalue weighted by molar-refractivity contribution is 6.33. The number of piperidine rings is 1. The number of hydrogen-bond donors (Lipinski definition) is 0. The number of rotatable bonds is 5. The Balaban J connectivity index is 1.66. The van der Waals surface area contributed by atoms with E-state index in [0.717, 1.165) is 51.0 Å². The lowest BCUT2D eigenvalue weighted by molar-refractivity contribution is 0.0666. The Kier molecular flexibility index (Phi) is 5.51. The van der Waals surface area contributed by atoms with Crippen molar-refractivity contribution in [3.63, 3.8) is 0 Å². The standard InChI is InChI=1S/C18H23ClN4O/c1-2-9-23-13-16(19)17(21-23)18(24)22-10-5-6-14(12-22)11-15-7-3-4-8-20-15/h3-4,7-8,13-14H,2,5-6,9-12H2,1H3. The number of halogens is 1. The highest BCUT2D eigenvalue weighted by atomic mass is 35.5. The number of amides is 1. The number of hydrogen-bond acceptors (Lipinski definition) is 3. The summed E-state index contributed by atoms with van der Waals surface area (Å²) in [6, 6.07) is 5.98. The Bertz CT molecular complexity index is 686. The summed E-state index contributed by atoms with van der Waals surface area (Å²) in [5.41, 5.74) is 1.46. The van der Waals surface area contributed by atoms with Gasteiger partial charge in [0.1, 0.15) is 0 Å². The topological polar surface area (TPSA) is 51.0 Å². The van der Waals surface area contributed by atoms with E-state index in [0.29, 0.717) is 16.6 Å². The fourth-order valence-electron chi connectivity index (χ4n) is 3.27. The molecule has 0 radical (unpaired) electrons. The Labute approximate surface area is 147 Å². The van der Waals surface area contributed by atoms with Crippen LogP contribution >= 0.6 is 11.6 Å². The van der Waals surface area contributed by atoms with Crippen LogP contribution < -0.4 is 0 Å². The van der Waals surface area contributed by atoms with Crippen molar-refractivity contribution in [3.05, 3.63) is 47.0 Å². The number of carbonyl (C=O) groups excluding carboxylic acids is 1. The molecule has 2 aromatic rings. The lowest BCUT2D eigenvalue weighted by Gasteiger charge is -2.32. The van der Waals surface area contributed by atoms with Gasteiger partial charge in [0.05, 0.1) is 5.02 Å². The zero-order chi connectivity index (χ0) is 16.9. The van der Waals surface area contributed by atoms with Crippen LogP contribution in [0.15, 0.2) is 30.6 Å². The Morgan fingerprint density at radius 1 is 1.42 bits per heavy atom.